The molecule has 0 aromatic carbocycles. The summed E-state index contributed by atoms with van der Waals surface area (Å²) in [5, 5.41) is 0. The van der Waals surface area contributed by atoms with Crippen molar-refractivity contribution < 1.29 is 14.3 Å². The van der Waals surface area contributed by atoms with E-state index in [1.807, 2.05) is 6.92 Å². The quantitative estimate of drug-likeness (QED) is 0.532. The Hall–Kier alpha value is -0.990. The maximum absolute atomic E-state index is 11.5. The van der Waals surface area contributed by atoms with Crippen molar-refractivity contribution in [1.82, 2.24) is 0 Å². The van der Waals surface area contributed by atoms with Crippen LogP contribution in [0.25, 0.3) is 0 Å². The first kappa shape index (κ1) is 10.2. The fraction of sp³-hybridized carbons (Fsp3) is 0.769. The van der Waals surface area contributed by atoms with E-state index in [4.69, 9.17) is 9.47 Å². The van der Waals surface area contributed by atoms with E-state index in [9.17, 15) is 4.79 Å². The number of esters is 1. The van der Waals surface area contributed by atoms with Gasteiger partial charge in [-0.25, -0.2) is 4.79 Å². The summed E-state index contributed by atoms with van der Waals surface area (Å²) in [5.74, 6) is 1.03. The van der Waals surface area contributed by atoms with Gasteiger partial charge in [0.25, 0.3) is 5.79 Å². The first-order chi connectivity index (χ1) is 7.64. The van der Waals surface area contributed by atoms with Gasteiger partial charge in [-0.3, -0.25) is 0 Å². The predicted octanol–water partition coefficient (Wildman–Crippen LogP) is 2.62. The van der Waals surface area contributed by atoms with E-state index < -0.39 is 5.79 Å². The van der Waals surface area contributed by atoms with Gasteiger partial charge < -0.3 is 9.47 Å². The van der Waals surface area contributed by atoms with Gasteiger partial charge in [0, 0.05) is 12.3 Å². The average molecular weight is 222 g/mol. The lowest BCUT2D eigenvalue weighted by molar-refractivity contribution is -0.204. The molecule has 4 atom stereocenters. The van der Waals surface area contributed by atoms with Crippen LogP contribution in [0.1, 0.15) is 39.0 Å². The van der Waals surface area contributed by atoms with E-state index >= 15 is 0 Å². The second-order valence-electron chi connectivity index (χ2n) is 5.36. The molecule has 0 amide bonds. The summed E-state index contributed by atoms with van der Waals surface area (Å²) in [4.78, 5) is 11.5. The van der Waals surface area contributed by atoms with E-state index in [1.54, 1.807) is 0 Å². The van der Waals surface area contributed by atoms with Gasteiger partial charge in [-0.1, -0.05) is 13.3 Å². The van der Waals surface area contributed by atoms with Gasteiger partial charge in [-0.2, -0.15) is 0 Å². The lowest BCUT2D eigenvalue weighted by atomic mass is 9.81. The summed E-state index contributed by atoms with van der Waals surface area (Å²) in [5.41, 5.74) is 0. The Morgan fingerprint density at radius 1 is 1.38 bits per heavy atom. The average Bonchev–Trinajstić information content (AvgIpc) is 2.94. The molecule has 3 fully saturated rings. The Balaban J connectivity index is 1.86. The van der Waals surface area contributed by atoms with Crippen molar-refractivity contribution in [3.8, 4) is 0 Å². The molecule has 0 radical (unpaired) electrons. The minimum absolute atomic E-state index is 0.185. The Labute approximate surface area is 95.8 Å². The minimum atomic E-state index is -0.687. The van der Waals surface area contributed by atoms with Crippen LogP contribution in [0, 0.1) is 17.8 Å². The van der Waals surface area contributed by atoms with Gasteiger partial charge in [0.05, 0.1) is 0 Å². The summed E-state index contributed by atoms with van der Waals surface area (Å²) in [6, 6.07) is 0. The zero-order chi connectivity index (χ0) is 11.3. The lowest BCUT2D eigenvalue weighted by Gasteiger charge is -2.36. The molecule has 16 heavy (non-hydrogen) atoms. The fourth-order valence-electron chi connectivity index (χ4n) is 3.83. The second kappa shape index (κ2) is 3.25. The molecule has 3 nitrogen and oxygen atoms in total. The Kier molecular flexibility index (Phi) is 2.07. The highest BCUT2D eigenvalue weighted by atomic mass is 16.8. The highest BCUT2D eigenvalue weighted by Gasteiger charge is 2.57. The zero-order valence-electron chi connectivity index (χ0n) is 9.70. The largest absolute Gasteiger partial charge is 0.445 e. The van der Waals surface area contributed by atoms with E-state index in [0.29, 0.717) is 11.8 Å². The molecule has 2 aliphatic carbocycles. The fourth-order valence-corrected chi connectivity index (χ4v) is 3.83. The molecular weight excluding hydrogens is 204 g/mol. The van der Waals surface area contributed by atoms with Crippen LogP contribution in [0.4, 0.5) is 0 Å². The predicted molar refractivity (Wildman–Crippen MR) is 58.3 cm³/mol. The van der Waals surface area contributed by atoms with E-state index in [1.165, 1.54) is 19.3 Å². The van der Waals surface area contributed by atoms with Crippen molar-refractivity contribution in [3.63, 3.8) is 0 Å². The van der Waals surface area contributed by atoms with Crippen LogP contribution in [0.15, 0.2) is 12.3 Å². The van der Waals surface area contributed by atoms with Crippen LogP contribution in [-0.2, 0) is 14.3 Å². The van der Waals surface area contributed by atoms with Crippen molar-refractivity contribution in [2.24, 2.45) is 17.8 Å². The van der Waals surface area contributed by atoms with Crippen molar-refractivity contribution in [2.75, 3.05) is 0 Å². The van der Waals surface area contributed by atoms with Crippen molar-refractivity contribution >= 4 is 5.97 Å². The first-order valence-electron chi connectivity index (χ1n) is 6.26. The number of ether oxygens (including phenoxy) is 2. The van der Waals surface area contributed by atoms with Gasteiger partial charge >= 0.3 is 5.97 Å². The number of carbonyl (C=O) groups is 1. The molecule has 0 spiro atoms. The molecule has 1 aliphatic heterocycles. The molecule has 0 aromatic heterocycles. The summed E-state index contributed by atoms with van der Waals surface area (Å²) >= 11 is 0. The number of hydrogen-bond acceptors (Lipinski definition) is 3. The minimum Gasteiger partial charge on any atom is -0.445 e. The zero-order valence-corrected chi connectivity index (χ0v) is 9.70. The van der Waals surface area contributed by atoms with Gasteiger partial charge in [-0.05, 0) is 37.7 Å². The number of carbonyl (C=O) groups excluding carboxylic acids is 1. The van der Waals surface area contributed by atoms with Crippen LogP contribution < -0.4 is 0 Å². The van der Waals surface area contributed by atoms with E-state index in [-0.39, 0.29) is 11.7 Å². The van der Waals surface area contributed by atoms with Gasteiger partial charge in [0.1, 0.15) is 0 Å². The highest BCUT2D eigenvalue weighted by molar-refractivity contribution is 5.87. The molecule has 0 aromatic rings. The van der Waals surface area contributed by atoms with Crippen LogP contribution >= 0.6 is 0 Å². The third-order valence-corrected chi connectivity index (χ3v) is 4.58. The van der Waals surface area contributed by atoms with E-state index in [2.05, 4.69) is 6.58 Å². The molecule has 0 N–H and O–H groups in total. The van der Waals surface area contributed by atoms with Gasteiger partial charge in [0.2, 0.25) is 5.76 Å². The van der Waals surface area contributed by atoms with E-state index in [0.717, 1.165) is 18.8 Å². The van der Waals surface area contributed by atoms with Gasteiger partial charge in [-0.15, -0.1) is 0 Å². The number of fused-ring (bicyclic) bond motifs is 2. The van der Waals surface area contributed by atoms with Crippen LogP contribution in [0.5, 0.6) is 0 Å². The number of rotatable bonds is 2. The third kappa shape index (κ3) is 1.23. The molecular formula is C13H18O3. The third-order valence-electron chi connectivity index (χ3n) is 4.58. The van der Waals surface area contributed by atoms with Crippen molar-refractivity contribution in [3.05, 3.63) is 12.3 Å². The molecule has 3 heteroatoms. The maximum Gasteiger partial charge on any atom is 0.376 e. The summed E-state index contributed by atoms with van der Waals surface area (Å²) in [6.45, 7) is 5.64. The smallest absolute Gasteiger partial charge is 0.376 e. The van der Waals surface area contributed by atoms with Gasteiger partial charge in [0.15, 0.2) is 0 Å². The van der Waals surface area contributed by atoms with Crippen LogP contribution in [0.3, 0.4) is 0 Å². The second-order valence-corrected chi connectivity index (χ2v) is 5.36. The molecule has 4 unspecified atom stereocenters. The SMILES string of the molecule is C=C1OC(CC)(C2CC3CCC2C3)OC1=O. The highest BCUT2D eigenvalue weighted by Crippen LogP contribution is 2.55. The normalized spacial score (nSPS) is 45.9. The monoisotopic (exact) mass is 222 g/mol. The Morgan fingerprint density at radius 3 is 2.62 bits per heavy atom. The molecule has 2 bridgehead atoms. The molecule has 88 valence electrons. The maximum atomic E-state index is 11.5. The molecule has 3 aliphatic rings. The molecule has 1 saturated heterocycles. The first-order valence-corrected chi connectivity index (χ1v) is 6.26. The van der Waals surface area contributed by atoms with Crippen LogP contribution in [0.2, 0.25) is 0 Å². The van der Waals surface area contributed by atoms with Crippen LogP contribution in [-0.4, -0.2) is 11.8 Å². The lowest BCUT2D eigenvalue weighted by Crippen LogP contribution is -2.41. The summed E-state index contributed by atoms with van der Waals surface area (Å²) < 4.78 is 11.2. The number of cyclic esters (lactones) is 1. The molecule has 1 heterocycles. The summed E-state index contributed by atoms with van der Waals surface area (Å²) in [7, 11) is 0. The van der Waals surface area contributed by atoms with Crippen molar-refractivity contribution in [2.45, 2.75) is 44.8 Å². The standard InChI is InChI=1S/C13H18O3/c1-3-13(15-8(2)12(14)16-13)11-7-9-4-5-10(11)6-9/h9-11H,2-7H2,1H3. The van der Waals surface area contributed by atoms with Crippen molar-refractivity contribution in [1.29, 1.82) is 0 Å². The topological polar surface area (TPSA) is 35.5 Å². The molecule has 3 rings (SSSR count). The Morgan fingerprint density at radius 2 is 2.19 bits per heavy atom. The Bertz CT molecular complexity index is 331. The number of hydrogen-bond donors (Lipinski definition) is 0. The summed E-state index contributed by atoms with van der Waals surface area (Å²) in [6.07, 6.45) is 5.78. The molecule has 2 saturated carbocycles.